The first-order valence-corrected chi connectivity index (χ1v) is 8.39. The Bertz CT molecular complexity index is 739. The van der Waals surface area contributed by atoms with E-state index in [1.807, 2.05) is 13.1 Å². The van der Waals surface area contributed by atoms with Gasteiger partial charge in [0.1, 0.15) is 5.82 Å². The van der Waals surface area contributed by atoms with Crippen molar-refractivity contribution in [1.29, 1.82) is 0 Å². The Morgan fingerprint density at radius 1 is 1.00 bits per heavy atom. The van der Waals surface area contributed by atoms with Crippen LogP contribution in [0.1, 0.15) is 17.2 Å². The number of aliphatic carboxylic acids is 4. The summed E-state index contributed by atoms with van der Waals surface area (Å²) in [7, 11) is 1.85. The molecule has 1 aromatic carbocycles. The lowest BCUT2D eigenvalue weighted by Crippen LogP contribution is -2.26. The topological polar surface area (TPSA) is 170 Å². The van der Waals surface area contributed by atoms with Crippen molar-refractivity contribution in [2.75, 3.05) is 20.2 Å². The Hall–Kier alpha value is -3.57. The fourth-order valence-corrected chi connectivity index (χ4v) is 2.19. The number of rotatable bonds is 6. The van der Waals surface area contributed by atoms with Crippen LogP contribution in [0.5, 0.6) is 0 Å². The second-order valence-corrected chi connectivity index (χ2v) is 5.50. The smallest absolute Gasteiger partial charge is 0.328 e. The van der Waals surface area contributed by atoms with Crippen LogP contribution in [-0.4, -0.2) is 64.5 Å². The van der Waals surface area contributed by atoms with Gasteiger partial charge in [-0.05, 0) is 25.1 Å². The van der Waals surface area contributed by atoms with E-state index in [2.05, 4.69) is 5.32 Å². The molecule has 10 nitrogen and oxygen atoms in total. The van der Waals surface area contributed by atoms with Gasteiger partial charge in [-0.1, -0.05) is 12.1 Å². The number of nitrogens with one attached hydrogen (secondary N) is 1. The van der Waals surface area contributed by atoms with Crippen LogP contribution in [0, 0.1) is 5.82 Å². The maximum Gasteiger partial charge on any atom is 0.328 e. The average molecular weight is 427 g/mol. The first-order chi connectivity index (χ1) is 14.1. The number of likely N-dealkylation sites (N-methyl/N-ethyl adjacent to an activating group) is 1. The summed E-state index contributed by atoms with van der Waals surface area (Å²) in [6, 6.07) is 5.23. The van der Waals surface area contributed by atoms with Crippen LogP contribution in [-0.2, 0) is 30.3 Å². The van der Waals surface area contributed by atoms with E-state index in [1.165, 1.54) is 6.07 Å². The standard InChI is InChI=1S/C11H14FNO.2C4H4O4/c1-13-7-10-11-8(5-6-14-10)3-2-4-9(11)12;2*5-3(6)1-2-4(7)8/h2-4,10,13H,5-7H2,1H3;2*1-2H,(H,5,6)(H,7,8)/b;2*2-1+/t10-;;/m0../s1. The minimum Gasteiger partial charge on any atom is -0.478 e. The van der Waals surface area contributed by atoms with Gasteiger partial charge in [-0.3, -0.25) is 0 Å². The predicted octanol–water partition coefficient (Wildman–Crippen LogP) is 1.08. The first kappa shape index (κ1) is 26.4. The second kappa shape index (κ2) is 14.4. The maximum absolute atomic E-state index is 13.5. The van der Waals surface area contributed by atoms with E-state index in [1.54, 1.807) is 6.07 Å². The van der Waals surface area contributed by atoms with Crippen LogP contribution in [0.2, 0.25) is 0 Å². The summed E-state index contributed by atoms with van der Waals surface area (Å²) in [6.45, 7) is 1.34. The third-order valence-electron chi connectivity index (χ3n) is 3.28. The molecule has 11 heteroatoms. The van der Waals surface area contributed by atoms with Crippen molar-refractivity contribution >= 4 is 23.9 Å². The van der Waals surface area contributed by atoms with Crippen LogP contribution < -0.4 is 5.32 Å². The number of halogens is 1. The van der Waals surface area contributed by atoms with Crippen LogP contribution >= 0.6 is 0 Å². The number of hydrogen-bond donors (Lipinski definition) is 5. The molecule has 0 aliphatic carbocycles. The third kappa shape index (κ3) is 12.0. The van der Waals surface area contributed by atoms with E-state index >= 15 is 0 Å². The first-order valence-electron chi connectivity index (χ1n) is 8.39. The summed E-state index contributed by atoms with van der Waals surface area (Å²) < 4.78 is 19.1. The zero-order valence-electron chi connectivity index (χ0n) is 15.9. The molecule has 164 valence electrons. The molecule has 0 radical (unpaired) electrons. The highest BCUT2D eigenvalue weighted by molar-refractivity contribution is 5.90. The summed E-state index contributed by atoms with van der Waals surface area (Å²) in [5, 5.41) is 34.3. The highest BCUT2D eigenvalue weighted by Crippen LogP contribution is 2.28. The van der Waals surface area contributed by atoms with Gasteiger partial charge in [-0.25, -0.2) is 23.6 Å². The number of benzene rings is 1. The Kier molecular flexibility index (Phi) is 12.7. The molecule has 5 N–H and O–H groups in total. The SMILES string of the molecule is CNC[C@@H]1OCCc2cccc(F)c21.O=C(O)/C=C/C(=O)O.O=C(O)/C=C/C(=O)O. The quantitative estimate of drug-likeness (QED) is 0.414. The van der Waals surface area contributed by atoms with Gasteiger partial charge < -0.3 is 30.5 Å². The Labute approximate surface area is 170 Å². The molecule has 0 spiro atoms. The fraction of sp³-hybridized carbons (Fsp3) is 0.263. The number of fused-ring (bicyclic) bond motifs is 1. The van der Waals surface area contributed by atoms with E-state index in [4.69, 9.17) is 25.2 Å². The van der Waals surface area contributed by atoms with E-state index < -0.39 is 23.9 Å². The largest absolute Gasteiger partial charge is 0.478 e. The van der Waals surface area contributed by atoms with Crippen molar-refractivity contribution in [3.63, 3.8) is 0 Å². The van der Waals surface area contributed by atoms with Crippen LogP contribution in [0.15, 0.2) is 42.5 Å². The molecule has 0 saturated carbocycles. The van der Waals surface area contributed by atoms with Gasteiger partial charge >= 0.3 is 23.9 Å². The third-order valence-corrected chi connectivity index (χ3v) is 3.28. The van der Waals surface area contributed by atoms with Crippen molar-refractivity contribution in [3.8, 4) is 0 Å². The summed E-state index contributed by atoms with van der Waals surface area (Å²) >= 11 is 0. The molecule has 2 rings (SSSR count). The van der Waals surface area contributed by atoms with Crippen LogP contribution in [0.25, 0.3) is 0 Å². The molecule has 0 bridgehead atoms. The lowest BCUT2D eigenvalue weighted by atomic mass is 9.97. The molecule has 1 heterocycles. The molecular weight excluding hydrogens is 405 g/mol. The lowest BCUT2D eigenvalue weighted by molar-refractivity contribution is -0.134. The number of hydrogen-bond acceptors (Lipinski definition) is 6. The summed E-state index contributed by atoms with van der Waals surface area (Å²) in [5.74, 6) is -5.18. The van der Waals surface area contributed by atoms with E-state index in [-0.39, 0.29) is 11.9 Å². The molecule has 0 saturated heterocycles. The zero-order chi connectivity index (χ0) is 23.1. The lowest BCUT2D eigenvalue weighted by Gasteiger charge is -2.26. The summed E-state index contributed by atoms with van der Waals surface area (Å²) in [5.41, 5.74) is 1.81. The molecule has 1 aromatic rings. The van der Waals surface area contributed by atoms with Gasteiger partial charge in [0.25, 0.3) is 0 Å². The Morgan fingerprint density at radius 3 is 1.87 bits per heavy atom. The monoisotopic (exact) mass is 427 g/mol. The molecule has 1 atom stereocenters. The zero-order valence-corrected chi connectivity index (χ0v) is 15.9. The molecule has 0 amide bonds. The minimum absolute atomic E-state index is 0.134. The van der Waals surface area contributed by atoms with Crippen molar-refractivity contribution in [1.82, 2.24) is 5.32 Å². The van der Waals surface area contributed by atoms with Crippen molar-refractivity contribution in [3.05, 3.63) is 59.4 Å². The van der Waals surface area contributed by atoms with Crippen LogP contribution in [0.3, 0.4) is 0 Å². The van der Waals surface area contributed by atoms with Gasteiger partial charge in [0.2, 0.25) is 0 Å². The molecule has 0 fully saturated rings. The molecule has 0 aromatic heterocycles. The van der Waals surface area contributed by atoms with Gasteiger partial charge in [0, 0.05) is 36.4 Å². The van der Waals surface area contributed by atoms with Gasteiger partial charge in [-0.15, -0.1) is 0 Å². The van der Waals surface area contributed by atoms with Crippen molar-refractivity contribution < 1.29 is 48.7 Å². The van der Waals surface area contributed by atoms with Gasteiger partial charge in [0.05, 0.1) is 12.7 Å². The van der Waals surface area contributed by atoms with Crippen molar-refractivity contribution in [2.24, 2.45) is 0 Å². The second-order valence-electron chi connectivity index (χ2n) is 5.50. The highest BCUT2D eigenvalue weighted by Gasteiger charge is 2.23. The van der Waals surface area contributed by atoms with Gasteiger partial charge in [0.15, 0.2) is 0 Å². The minimum atomic E-state index is -1.26. The van der Waals surface area contributed by atoms with Gasteiger partial charge in [-0.2, -0.15) is 0 Å². The molecule has 1 aliphatic rings. The van der Waals surface area contributed by atoms with E-state index in [0.29, 0.717) is 37.5 Å². The predicted molar refractivity (Wildman–Crippen MR) is 102 cm³/mol. The Morgan fingerprint density at radius 2 is 1.47 bits per heavy atom. The van der Waals surface area contributed by atoms with E-state index in [0.717, 1.165) is 17.5 Å². The maximum atomic E-state index is 13.5. The van der Waals surface area contributed by atoms with Crippen LogP contribution in [0.4, 0.5) is 4.39 Å². The summed E-state index contributed by atoms with van der Waals surface area (Å²) in [6.07, 6.45) is 2.91. The number of carbonyl (C=O) groups is 4. The normalized spacial score (nSPS) is 14.7. The average Bonchev–Trinajstić information content (AvgIpc) is 2.66. The van der Waals surface area contributed by atoms with Crippen molar-refractivity contribution in [2.45, 2.75) is 12.5 Å². The fourth-order valence-electron chi connectivity index (χ4n) is 2.19. The molecular formula is C19H22FNO9. The number of ether oxygens (including phenoxy) is 1. The summed E-state index contributed by atoms with van der Waals surface area (Å²) in [4.78, 5) is 38.2. The molecule has 30 heavy (non-hydrogen) atoms. The van der Waals surface area contributed by atoms with E-state index in [9.17, 15) is 23.6 Å². The Balaban J connectivity index is 0.000000456. The highest BCUT2D eigenvalue weighted by atomic mass is 19.1. The number of carboxylic acids is 4. The molecule has 1 aliphatic heterocycles. The number of carboxylic acid groups (broad SMARTS) is 4. The molecule has 0 unspecified atom stereocenters.